The fourth-order valence-electron chi connectivity index (χ4n) is 2.03. The van der Waals surface area contributed by atoms with Crippen LogP contribution in [0.5, 0.6) is 11.5 Å². The van der Waals surface area contributed by atoms with Gasteiger partial charge in [-0.05, 0) is 23.8 Å². The zero-order valence-electron chi connectivity index (χ0n) is 11.4. The predicted octanol–water partition coefficient (Wildman–Crippen LogP) is 3.78. The van der Waals surface area contributed by atoms with E-state index >= 15 is 0 Å². The number of Topliss-reactive ketones (excluding diaryl/α,β-unsaturated/α-hetero) is 1. The van der Waals surface area contributed by atoms with Gasteiger partial charge in [-0.1, -0.05) is 35.9 Å². The van der Waals surface area contributed by atoms with Crippen LogP contribution in [0.1, 0.15) is 15.9 Å². The van der Waals surface area contributed by atoms with Gasteiger partial charge in [-0.3, -0.25) is 4.79 Å². The highest BCUT2D eigenvalue weighted by Gasteiger charge is 2.19. The SMILES string of the molecule is COc1cccc(OC)c1C(=O)Cc1ccccc1Cl. The van der Waals surface area contributed by atoms with Crippen molar-refractivity contribution in [1.82, 2.24) is 0 Å². The van der Waals surface area contributed by atoms with E-state index in [-0.39, 0.29) is 12.2 Å². The fourth-order valence-corrected chi connectivity index (χ4v) is 2.23. The zero-order valence-corrected chi connectivity index (χ0v) is 12.1. The Morgan fingerprint density at radius 2 is 1.60 bits per heavy atom. The van der Waals surface area contributed by atoms with E-state index < -0.39 is 0 Å². The number of hydrogen-bond acceptors (Lipinski definition) is 3. The average molecular weight is 291 g/mol. The standard InChI is InChI=1S/C16H15ClO3/c1-19-14-8-5-9-15(20-2)16(14)13(18)10-11-6-3-4-7-12(11)17/h3-9H,10H2,1-2H3. The normalized spacial score (nSPS) is 10.2. The molecular formula is C16H15ClO3. The largest absolute Gasteiger partial charge is 0.496 e. The molecule has 0 aliphatic heterocycles. The molecule has 2 rings (SSSR count). The minimum atomic E-state index is -0.0904. The van der Waals surface area contributed by atoms with Crippen LogP contribution in [0, 0.1) is 0 Å². The number of benzene rings is 2. The Labute approximate surface area is 123 Å². The molecule has 3 nitrogen and oxygen atoms in total. The van der Waals surface area contributed by atoms with E-state index in [1.54, 1.807) is 24.3 Å². The Morgan fingerprint density at radius 1 is 1.00 bits per heavy atom. The van der Waals surface area contributed by atoms with E-state index in [0.717, 1.165) is 5.56 Å². The zero-order chi connectivity index (χ0) is 14.5. The van der Waals surface area contributed by atoms with Crippen molar-refractivity contribution >= 4 is 17.4 Å². The summed E-state index contributed by atoms with van der Waals surface area (Å²) < 4.78 is 10.5. The van der Waals surface area contributed by atoms with Gasteiger partial charge in [-0.15, -0.1) is 0 Å². The molecule has 0 aliphatic carbocycles. The van der Waals surface area contributed by atoms with E-state index in [1.807, 2.05) is 18.2 Å². The Bertz CT molecular complexity index is 601. The summed E-state index contributed by atoms with van der Waals surface area (Å²) in [5.41, 5.74) is 1.23. The summed E-state index contributed by atoms with van der Waals surface area (Å²) in [5, 5.41) is 0.578. The first-order valence-electron chi connectivity index (χ1n) is 6.15. The average Bonchev–Trinajstić information content (AvgIpc) is 2.48. The van der Waals surface area contributed by atoms with Gasteiger partial charge in [0.15, 0.2) is 5.78 Å². The second-order valence-electron chi connectivity index (χ2n) is 4.23. The van der Waals surface area contributed by atoms with Crippen LogP contribution in [-0.4, -0.2) is 20.0 Å². The van der Waals surface area contributed by atoms with Crippen LogP contribution in [0.15, 0.2) is 42.5 Å². The number of carbonyl (C=O) groups excluding carboxylic acids is 1. The van der Waals surface area contributed by atoms with Crippen molar-refractivity contribution in [2.75, 3.05) is 14.2 Å². The molecule has 0 bridgehead atoms. The smallest absolute Gasteiger partial charge is 0.174 e. The van der Waals surface area contributed by atoms with Crippen LogP contribution in [0.2, 0.25) is 5.02 Å². The first kappa shape index (κ1) is 14.4. The molecule has 0 unspecified atom stereocenters. The molecule has 0 spiro atoms. The molecule has 0 aliphatic rings. The quantitative estimate of drug-likeness (QED) is 0.786. The van der Waals surface area contributed by atoms with Crippen molar-refractivity contribution in [2.45, 2.75) is 6.42 Å². The number of carbonyl (C=O) groups is 1. The fraction of sp³-hybridized carbons (Fsp3) is 0.188. The summed E-state index contributed by atoms with van der Waals surface area (Å²) in [6, 6.07) is 12.5. The third-order valence-electron chi connectivity index (χ3n) is 3.02. The van der Waals surface area contributed by atoms with E-state index in [0.29, 0.717) is 22.1 Å². The molecule has 20 heavy (non-hydrogen) atoms. The van der Waals surface area contributed by atoms with E-state index in [9.17, 15) is 4.79 Å². The van der Waals surface area contributed by atoms with E-state index in [4.69, 9.17) is 21.1 Å². The number of ketones is 1. The molecular weight excluding hydrogens is 276 g/mol. The first-order chi connectivity index (χ1) is 9.67. The minimum Gasteiger partial charge on any atom is -0.496 e. The number of methoxy groups -OCH3 is 2. The third kappa shape index (κ3) is 2.94. The van der Waals surface area contributed by atoms with Gasteiger partial charge in [0.2, 0.25) is 0 Å². The Balaban J connectivity index is 2.36. The van der Waals surface area contributed by atoms with Crippen LogP contribution >= 0.6 is 11.6 Å². The lowest BCUT2D eigenvalue weighted by Gasteiger charge is -2.12. The van der Waals surface area contributed by atoms with Gasteiger partial charge in [-0.2, -0.15) is 0 Å². The maximum atomic E-state index is 12.5. The van der Waals surface area contributed by atoms with Gasteiger partial charge in [0.1, 0.15) is 17.1 Å². The second kappa shape index (κ2) is 6.44. The van der Waals surface area contributed by atoms with Gasteiger partial charge in [0, 0.05) is 11.4 Å². The highest BCUT2D eigenvalue weighted by molar-refractivity contribution is 6.31. The number of ether oxygens (including phenoxy) is 2. The van der Waals surface area contributed by atoms with Crippen molar-refractivity contribution in [2.24, 2.45) is 0 Å². The third-order valence-corrected chi connectivity index (χ3v) is 3.38. The summed E-state index contributed by atoms with van der Waals surface area (Å²) in [6.07, 6.45) is 0.205. The number of hydrogen-bond donors (Lipinski definition) is 0. The van der Waals surface area contributed by atoms with Crippen LogP contribution in [0.3, 0.4) is 0 Å². The van der Waals surface area contributed by atoms with Crippen molar-refractivity contribution < 1.29 is 14.3 Å². The molecule has 0 saturated carbocycles. The molecule has 0 amide bonds. The maximum Gasteiger partial charge on any atom is 0.174 e. The van der Waals surface area contributed by atoms with Crippen molar-refractivity contribution in [3.05, 3.63) is 58.6 Å². The molecule has 0 heterocycles. The molecule has 2 aromatic rings. The predicted molar refractivity (Wildman–Crippen MR) is 79.0 cm³/mol. The molecule has 4 heteroatoms. The summed E-state index contributed by atoms with van der Waals surface area (Å²) in [4.78, 5) is 12.5. The Morgan fingerprint density at radius 3 is 2.15 bits per heavy atom. The van der Waals surface area contributed by atoms with Crippen molar-refractivity contribution in [3.63, 3.8) is 0 Å². The molecule has 0 aromatic heterocycles. The molecule has 0 saturated heterocycles. The van der Waals surface area contributed by atoms with E-state index in [2.05, 4.69) is 0 Å². The molecule has 0 N–H and O–H groups in total. The highest BCUT2D eigenvalue weighted by Crippen LogP contribution is 2.30. The summed E-state index contributed by atoms with van der Waals surface area (Å²) in [5.74, 6) is 0.912. The van der Waals surface area contributed by atoms with Gasteiger partial charge in [0.05, 0.1) is 14.2 Å². The Hall–Kier alpha value is -2.00. The number of halogens is 1. The van der Waals surface area contributed by atoms with E-state index in [1.165, 1.54) is 14.2 Å². The molecule has 104 valence electrons. The lowest BCUT2D eigenvalue weighted by atomic mass is 10.0. The molecule has 0 fully saturated rings. The van der Waals surface area contributed by atoms with Crippen molar-refractivity contribution in [3.8, 4) is 11.5 Å². The lowest BCUT2D eigenvalue weighted by molar-refractivity contribution is 0.0987. The molecule has 0 atom stereocenters. The van der Waals surface area contributed by atoms with Gasteiger partial charge < -0.3 is 9.47 Å². The van der Waals surface area contributed by atoms with Gasteiger partial charge in [-0.25, -0.2) is 0 Å². The Kier molecular flexibility index (Phi) is 4.64. The first-order valence-corrected chi connectivity index (χ1v) is 6.52. The van der Waals surface area contributed by atoms with Crippen LogP contribution < -0.4 is 9.47 Å². The van der Waals surface area contributed by atoms with Crippen molar-refractivity contribution in [1.29, 1.82) is 0 Å². The summed E-state index contributed by atoms with van der Waals surface area (Å²) >= 11 is 6.09. The lowest BCUT2D eigenvalue weighted by Crippen LogP contribution is -2.08. The monoisotopic (exact) mass is 290 g/mol. The molecule has 0 radical (unpaired) electrons. The second-order valence-corrected chi connectivity index (χ2v) is 4.64. The molecule has 2 aromatic carbocycles. The van der Waals surface area contributed by atoms with Crippen LogP contribution in [-0.2, 0) is 6.42 Å². The van der Waals surface area contributed by atoms with Gasteiger partial charge >= 0.3 is 0 Å². The maximum absolute atomic E-state index is 12.5. The summed E-state index contributed by atoms with van der Waals surface area (Å²) in [6.45, 7) is 0. The number of rotatable bonds is 5. The van der Waals surface area contributed by atoms with Crippen LogP contribution in [0.25, 0.3) is 0 Å². The minimum absolute atomic E-state index is 0.0904. The topological polar surface area (TPSA) is 35.5 Å². The highest BCUT2D eigenvalue weighted by atomic mass is 35.5. The van der Waals surface area contributed by atoms with Crippen LogP contribution in [0.4, 0.5) is 0 Å². The van der Waals surface area contributed by atoms with Gasteiger partial charge in [0.25, 0.3) is 0 Å². The summed E-state index contributed by atoms with van der Waals surface area (Å²) in [7, 11) is 3.06.